The second-order valence-electron chi connectivity index (χ2n) is 6.35. The minimum Gasteiger partial charge on any atom is -0.457 e. The molecule has 1 atom stereocenters. The molecule has 2 N–H and O–H groups in total. The molecule has 4 rings (SSSR count). The van der Waals surface area contributed by atoms with Gasteiger partial charge in [-0.05, 0) is 61.5 Å². The van der Waals surface area contributed by atoms with Crippen LogP contribution in [-0.4, -0.2) is 17.1 Å². The summed E-state index contributed by atoms with van der Waals surface area (Å²) < 4.78 is 5.75. The van der Waals surface area contributed by atoms with Gasteiger partial charge in [0.05, 0.1) is 10.9 Å². The molecule has 28 heavy (non-hydrogen) atoms. The van der Waals surface area contributed by atoms with Gasteiger partial charge in [0.25, 0.3) is 5.91 Å². The van der Waals surface area contributed by atoms with E-state index in [1.165, 1.54) is 11.8 Å². The van der Waals surface area contributed by atoms with E-state index in [0.29, 0.717) is 22.7 Å². The van der Waals surface area contributed by atoms with Gasteiger partial charge in [0.2, 0.25) is 5.91 Å². The molecule has 0 aromatic heterocycles. The molecule has 5 nitrogen and oxygen atoms in total. The molecule has 3 aromatic rings. The molecule has 6 heteroatoms. The van der Waals surface area contributed by atoms with Crippen LogP contribution in [0, 0.1) is 0 Å². The van der Waals surface area contributed by atoms with E-state index in [0.717, 1.165) is 10.6 Å². The largest absolute Gasteiger partial charge is 0.457 e. The zero-order valence-electron chi connectivity index (χ0n) is 15.1. The van der Waals surface area contributed by atoms with Crippen LogP contribution in [0.25, 0.3) is 0 Å². The highest BCUT2D eigenvalue weighted by molar-refractivity contribution is 8.00. The Labute approximate surface area is 167 Å². The van der Waals surface area contributed by atoms with Crippen molar-refractivity contribution in [1.82, 2.24) is 0 Å². The van der Waals surface area contributed by atoms with E-state index >= 15 is 0 Å². The third kappa shape index (κ3) is 4.02. The number of amides is 2. The quantitative estimate of drug-likeness (QED) is 0.645. The first-order valence-electron chi connectivity index (χ1n) is 8.84. The molecule has 0 radical (unpaired) electrons. The summed E-state index contributed by atoms with van der Waals surface area (Å²) in [6.07, 6.45) is 0. The van der Waals surface area contributed by atoms with E-state index in [1.807, 2.05) is 43.3 Å². The smallest absolute Gasteiger partial charge is 0.255 e. The van der Waals surface area contributed by atoms with Crippen LogP contribution in [0.5, 0.6) is 11.5 Å². The summed E-state index contributed by atoms with van der Waals surface area (Å²) in [5, 5.41) is 5.57. The summed E-state index contributed by atoms with van der Waals surface area (Å²) >= 11 is 1.49. The maximum absolute atomic E-state index is 12.6. The first kappa shape index (κ1) is 18.1. The fourth-order valence-corrected chi connectivity index (χ4v) is 3.71. The fraction of sp³-hybridized carbons (Fsp3) is 0.0909. The Kier molecular flexibility index (Phi) is 5.04. The number of thioether (sulfide) groups is 1. The Balaban J connectivity index is 1.44. The van der Waals surface area contributed by atoms with Gasteiger partial charge in [0.1, 0.15) is 11.5 Å². The maximum atomic E-state index is 12.6. The van der Waals surface area contributed by atoms with Crippen LogP contribution in [0.15, 0.2) is 77.7 Å². The van der Waals surface area contributed by atoms with Crippen molar-refractivity contribution in [3.05, 3.63) is 78.4 Å². The average Bonchev–Trinajstić information content (AvgIpc) is 2.71. The predicted octanol–water partition coefficient (Wildman–Crippen LogP) is 5.16. The third-order valence-electron chi connectivity index (χ3n) is 4.26. The number of benzene rings is 3. The second kappa shape index (κ2) is 7.78. The van der Waals surface area contributed by atoms with Crippen LogP contribution < -0.4 is 15.4 Å². The Morgan fingerprint density at radius 1 is 1.00 bits per heavy atom. The molecule has 0 saturated heterocycles. The van der Waals surface area contributed by atoms with Gasteiger partial charge in [-0.3, -0.25) is 9.59 Å². The van der Waals surface area contributed by atoms with Crippen molar-refractivity contribution in [1.29, 1.82) is 0 Å². The van der Waals surface area contributed by atoms with Crippen molar-refractivity contribution in [2.24, 2.45) is 0 Å². The van der Waals surface area contributed by atoms with Crippen LogP contribution in [0.4, 0.5) is 11.4 Å². The Bertz CT molecular complexity index is 1020. The number of para-hydroxylation sites is 1. The van der Waals surface area contributed by atoms with Gasteiger partial charge < -0.3 is 15.4 Å². The summed E-state index contributed by atoms with van der Waals surface area (Å²) in [5.74, 6) is 1.15. The number of anilines is 2. The number of ether oxygens (including phenoxy) is 1. The number of carbonyl (C=O) groups is 2. The number of hydrogen-bond donors (Lipinski definition) is 2. The highest BCUT2D eigenvalue weighted by Gasteiger charge is 2.23. The van der Waals surface area contributed by atoms with Crippen molar-refractivity contribution >= 4 is 35.0 Å². The summed E-state index contributed by atoms with van der Waals surface area (Å²) in [7, 11) is 0. The zero-order valence-corrected chi connectivity index (χ0v) is 16.0. The van der Waals surface area contributed by atoms with Crippen molar-refractivity contribution < 1.29 is 14.3 Å². The van der Waals surface area contributed by atoms with Gasteiger partial charge >= 0.3 is 0 Å². The van der Waals surface area contributed by atoms with Crippen molar-refractivity contribution in [3.63, 3.8) is 0 Å². The average molecular weight is 390 g/mol. The molecule has 140 valence electrons. The molecule has 0 aliphatic carbocycles. The molecule has 1 heterocycles. The number of nitrogens with one attached hydrogen (secondary N) is 2. The van der Waals surface area contributed by atoms with Crippen molar-refractivity contribution in [2.75, 3.05) is 10.6 Å². The lowest BCUT2D eigenvalue weighted by molar-refractivity contribution is -0.115. The molecular formula is C22H18N2O3S. The minimum absolute atomic E-state index is 0.0518. The molecule has 0 spiro atoms. The van der Waals surface area contributed by atoms with E-state index in [1.54, 1.807) is 36.4 Å². The number of fused-ring (bicyclic) bond motifs is 1. The molecule has 0 saturated carbocycles. The lowest BCUT2D eigenvalue weighted by Gasteiger charge is -2.21. The molecule has 1 aliphatic heterocycles. The Morgan fingerprint density at radius 2 is 1.71 bits per heavy atom. The van der Waals surface area contributed by atoms with Crippen LogP contribution in [0.2, 0.25) is 0 Å². The fourth-order valence-electron chi connectivity index (χ4n) is 2.78. The SMILES string of the molecule is CC1Sc2ccc(C(=O)Nc3ccc(Oc4ccccc4)cc3)cc2NC1=O. The van der Waals surface area contributed by atoms with Crippen LogP contribution in [0.3, 0.4) is 0 Å². The monoisotopic (exact) mass is 390 g/mol. The first-order chi connectivity index (χ1) is 13.6. The lowest BCUT2D eigenvalue weighted by Crippen LogP contribution is -2.26. The highest BCUT2D eigenvalue weighted by atomic mass is 32.2. The Hall–Kier alpha value is -3.25. The second-order valence-corrected chi connectivity index (χ2v) is 7.74. The van der Waals surface area contributed by atoms with Crippen LogP contribution >= 0.6 is 11.8 Å². The van der Waals surface area contributed by atoms with Gasteiger partial charge in [0, 0.05) is 16.1 Å². The Morgan fingerprint density at radius 3 is 2.46 bits per heavy atom. The molecule has 1 unspecified atom stereocenters. The predicted molar refractivity (Wildman–Crippen MR) is 111 cm³/mol. The van der Waals surface area contributed by atoms with Gasteiger partial charge in [-0.15, -0.1) is 11.8 Å². The van der Waals surface area contributed by atoms with Gasteiger partial charge in [-0.2, -0.15) is 0 Å². The van der Waals surface area contributed by atoms with E-state index in [-0.39, 0.29) is 17.1 Å². The normalized spacial score (nSPS) is 15.3. The molecular weight excluding hydrogens is 372 g/mol. The van der Waals surface area contributed by atoms with Crippen molar-refractivity contribution in [2.45, 2.75) is 17.1 Å². The number of rotatable bonds is 4. The number of hydrogen-bond acceptors (Lipinski definition) is 4. The third-order valence-corrected chi connectivity index (χ3v) is 5.44. The van der Waals surface area contributed by atoms with E-state index < -0.39 is 0 Å². The molecule has 2 amide bonds. The molecule has 3 aromatic carbocycles. The minimum atomic E-state index is -0.239. The number of carbonyl (C=O) groups excluding carboxylic acids is 2. The van der Waals surface area contributed by atoms with E-state index in [2.05, 4.69) is 10.6 Å². The van der Waals surface area contributed by atoms with Crippen LogP contribution in [0.1, 0.15) is 17.3 Å². The summed E-state index contributed by atoms with van der Waals surface area (Å²) in [5.41, 5.74) is 1.82. The lowest BCUT2D eigenvalue weighted by atomic mass is 10.1. The van der Waals surface area contributed by atoms with Crippen molar-refractivity contribution in [3.8, 4) is 11.5 Å². The summed E-state index contributed by atoms with van der Waals surface area (Å²) in [6, 6.07) is 22.0. The van der Waals surface area contributed by atoms with E-state index in [4.69, 9.17) is 4.74 Å². The van der Waals surface area contributed by atoms with Gasteiger partial charge in [-0.25, -0.2) is 0 Å². The van der Waals surface area contributed by atoms with Gasteiger partial charge in [0.15, 0.2) is 0 Å². The summed E-state index contributed by atoms with van der Waals surface area (Å²) in [6.45, 7) is 1.86. The standard InChI is InChI=1S/C22H18N2O3S/c1-14-21(25)24-19-13-15(7-12-20(19)28-14)22(26)23-16-8-10-18(11-9-16)27-17-5-3-2-4-6-17/h2-14H,1H3,(H,23,26)(H,24,25). The van der Waals surface area contributed by atoms with E-state index in [9.17, 15) is 9.59 Å². The van der Waals surface area contributed by atoms with Crippen LogP contribution in [-0.2, 0) is 4.79 Å². The zero-order chi connectivity index (χ0) is 19.5. The highest BCUT2D eigenvalue weighted by Crippen LogP contribution is 2.36. The molecule has 0 bridgehead atoms. The maximum Gasteiger partial charge on any atom is 0.255 e. The topological polar surface area (TPSA) is 67.4 Å². The molecule has 0 fully saturated rings. The molecule has 1 aliphatic rings. The summed E-state index contributed by atoms with van der Waals surface area (Å²) in [4.78, 5) is 25.4. The first-order valence-corrected chi connectivity index (χ1v) is 9.72. The van der Waals surface area contributed by atoms with Gasteiger partial charge in [-0.1, -0.05) is 18.2 Å².